The second-order valence-electron chi connectivity index (χ2n) is 9.73. The van der Waals surface area contributed by atoms with E-state index in [2.05, 4.69) is 30.0 Å². The monoisotopic (exact) mass is 476 g/mol. The van der Waals surface area contributed by atoms with Crippen LogP contribution < -0.4 is 4.74 Å². The molecule has 0 amide bonds. The van der Waals surface area contributed by atoms with Crippen molar-refractivity contribution in [1.29, 1.82) is 0 Å². The summed E-state index contributed by atoms with van der Waals surface area (Å²) in [7, 11) is 0. The first-order chi connectivity index (χ1) is 16.3. The molecule has 0 radical (unpaired) electrons. The minimum atomic E-state index is -3.17. The third-order valence-corrected chi connectivity index (χ3v) is 7.09. The molecule has 7 heteroatoms. The summed E-state index contributed by atoms with van der Waals surface area (Å²) in [6, 6.07) is 13.6. The number of ether oxygens (including phenoxy) is 1. The zero-order valence-electron chi connectivity index (χ0n) is 20.0. The highest BCUT2D eigenvalue weighted by Gasteiger charge is 2.40. The van der Waals surface area contributed by atoms with Crippen molar-refractivity contribution < 1.29 is 23.0 Å². The molecule has 0 saturated carbocycles. The fourth-order valence-electron chi connectivity index (χ4n) is 5.12. The first-order valence-electron chi connectivity index (χ1n) is 12.2. The Morgan fingerprint density at radius 1 is 1.12 bits per heavy atom. The van der Waals surface area contributed by atoms with Gasteiger partial charge in [0.2, 0.25) is 0 Å². The molecule has 186 valence electrons. The molecule has 2 atom stereocenters. The maximum absolute atomic E-state index is 14.3. The number of fused-ring (bicyclic) bond motifs is 1. The molecule has 0 spiro atoms. The first-order valence-corrected chi connectivity index (χ1v) is 12.2. The number of rotatable bonds is 10. The molecule has 1 fully saturated rings. The van der Waals surface area contributed by atoms with Crippen LogP contribution in [0.5, 0.6) is 5.75 Å². The fourth-order valence-corrected chi connectivity index (χ4v) is 5.12. The van der Waals surface area contributed by atoms with Crippen molar-refractivity contribution in [3.05, 3.63) is 64.7 Å². The van der Waals surface area contributed by atoms with Gasteiger partial charge in [-0.1, -0.05) is 37.3 Å². The van der Waals surface area contributed by atoms with Gasteiger partial charge in [-0.2, -0.15) is 0 Å². The Bertz CT molecular complexity index is 947. The maximum atomic E-state index is 14.3. The molecule has 1 unspecified atom stereocenters. The number of hydrogen-bond donors (Lipinski definition) is 1. The predicted molar refractivity (Wildman–Crippen MR) is 127 cm³/mol. The van der Waals surface area contributed by atoms with Gasteiger partial charge in [0, 0.05) is 31.6 Å². The van der Waals surface area contributed by atoms with Crippen LogP contribution in [0.1, 0.15) is 42.1 Å². The number of aryl methyl sites for hydroxylation is 1. The molecule has 2 aliphatic rings. The van der Waals surface area contributed by atoms with Crippen LogP contribution in [-0.4, -0.2) is 72.9 Å². The lowest BCUT2D eigenvalue weighted by Gasteiger charge is -2.43. The van der Waals surface area contributed by atoms with Gasteiger partial charge in [0.05, 0.1) is 19.3 Å². The molecule has 4 rings (SSSR count). The summed E-state index contributed by atoms with van der Waals surface area (Å²) in [4.78, 5) is 3.98. The predicted octanol–water partition coefficient (Wildman–Crippen LogP) is 4.49. The van der Waals surface area contributed by atoms with Crippen molar-refractivity contribution in [2.45, 2.75) is 44.7 Å². The van der Waals surface area contributed by atoms with Crippen molar-refractivity contribution in [3.8, 4) is 5.75 Å². The number of benzene rings is 2. The Morgan fingerprint density at radius 3 is 2.50 bits per heavy atom. The van der Waals surface area contributed by atoms with E-state index in [0.29, 0.717) is 13.0 Å². The third kappa shape index (κ3) is 5.58. The molecule has 0 bridgehead atoms. The van der Waals surface area contributed by atoms with Crippen molar-refractivity contribution in [2.24, 2.45) is 5.92 Å². The van der Waals surface area contributed by atoms with Crippen LogP contribution in [0.3, 0.4) is 0 Å². The summed E-state index contributed by atoms with van der Waals surface area (Å²) in [5.74, 6) is -2.28. The Labute approximate surface area is 200 Å². The molecule has 2 aliphatic heterocycles. The van der Waals surface area contributed by atoms with Crippen LogP contribution in [0.2, 0.25) is 0 Å². The molecular formula is C27H35F3N2O2. The highest BCUT2D eigenvalue weighted by molar-refractivity contribution is 5.43. The van der Waals surface area contributed by atoms with E-state index < -0.39 is 19.1 Å². The summed E-state index contributed by atoms with van der Waals surface area (Å²) in [5.41, 5.74) is 4.40. The second kappa shape index (κ2) is 10.7. The number of nitrogens with zero attached hydrogens (tertiary/aromatic N) is 2. The van der Waals surface area contributed by atoms with Gasteiger partial charge in [-0.3, -0.25) is 14.2 Å². The van der Waals surface area contributed by atoms with Crippen molar-refractivity contribution >= 4 is 0 Å². The number of aliphatic hydroxyl groups excluding tert-OH is 1. The smallest absolute Gasteiger partial charge is 0.283 e. The molecule has 2 aromatic rings. The summed E-state index contributed by atoms with van der Waals surface area (Å²) in [6.07, 6.45) is 1.62. The zero-order valence-corrected chi connectivity index (χ0v) is 20.0. The highest BCUT2D eigenvalue weighted by Crippen LogP contribution is 2.40. The van der Waals surface area contributed by atoms with Gasteiger partial charge in [0.1, 0.15) is 19.0 Å². The van der Waals surface area contributed by atoms with Crippen molar-refractivity contribution in [1.82, 2.24) is 9.80 Å². The van der Waals surface area contributed by atoms with E-state index in [1.54, 1.807) is 0 Å². The van der Waals surface area contributed by atoms with E-state index in [-0.39, 0.29) is 24.7 Å². The minimum absolute atomic E-state index is 0.0948. The SMILES string of the molecule is CCc1ccc2c(c1)C[C@H](C)N(CC(F)(F)CO)C2c1ccc(OCCN2CC(CF)C2)cc1. The number of aliphatic hydroxyl groups is 1. The van der Waals surface area contributed by atoms with E-state index >= 15 is 0 Å². The number of likely N-dealkylation sites (tertiary alicyclic amines) is 1. The lowest BCUT2D eigenvalue weighted by molar-refractivity contribution is -0.0862. The summed E-state index contributed by atoms with van der Waals surface area (Å²) in [5, 5.41) is 9.22. The zero-order chi connectivity index (χ0) is 24.3. The van der Waals surface area contributed by atoms with E-state index in [0.717, 1.165) is 42.9 Å². The normalized spacial score (nSPS) is 21.8. The number of halogens is 3. The van der Waals surface area contributed by atoms with Gasteiger partial charge in [-0.05, 0) is 54.2 Å². The van der Waals surface area contributed by atoms with Gasteiger partial charge in [0.25, 0.3) is 5.92 Å². The Kier molecular flexibility index (Phi) is 7.85. The van der Waals surface area contributed by atoms with E-state index in [1.807, 2.05) is 36.1 Å². The maximum Gasteiger partial charge on any atom is 0.283 e. The molecule has 1 N–H and O–H groups in total. The number of hydrogen-bond acceptors (Lipinski definition) is 4. The van der Waals surface area contributed by atoms with Gasteiger partial charge < -0.3 is 9.84 Å². The Hall–Kier alpha value is -2.09. The highest BCUT2D eigenvalue weighted by atomic mass is 19.3. The van der Waals surface area contributed by atoms with Crippen LogP contribution in [0.25, 0.3) is 0 Å². The fraction of sp³-hybridized carbons (Fsp3) is 0.556. The molecular weight excluding hydrogens is 441 g/mol. The molecule has 0 aromatic heterocycles. The Morgan fingerprint density at radius 2 is 1.85 bits per heavy atom. The third-order valence-electron chi connectivity index (χ3n) is 7.09. The molecule has 34 heavy (non-hydrogen) atoms. The average molecular weight is 477 g/mol. The molecule has 2 heterocycles. The largest absolute Gasteiger partial charge is 0.492 e. The molecule has 1 saturated heterocycles. The van der Waals surface area contributed by atoms with Crippen molar-refractivity contribution in [2.75, 3.05) is 46.1 Å². The molecule has 4 nitrogen and oxygen atoms in total. The van der Waals surface area contributed by atoms with E-state index in [4.69, 9.17) is 4.74 Å². The lowest BCUT2D eigenvalue weighted by atomic mass is 9.83. The van der Waals surface area contributed by atoms with Gasteiger partial charge in [0.15, 0.2) is 0 Å². The summed E-state index contributed by atoms with van der Waals surface area (Å²) < 4.78 is 47.1. The lowest BCUT2D eigenvalue weighted by Crippen LogP contribution is -2.49. The van der Waals surface area contributed by atoms with E-state index in [1.165, 1.54) is 11.1 Å². The first kappa shape index (κ1) is 25.0. The number of alkyl halides is 3. The molecule has 2 aromatic carbocycles. The van der Waals surface area contributed by atoms with Crippen LogP contribution in [0.4, 0.5) is 13.2 Å². The van der Waals surface area contributed by atoms with Crippen LogP contribution in [0, 0.1) is 5.92 Å². The summed E-state index contributed by atoms with van der Waals surface area (Å²) in [6.45, 7) is 5.01. The standard InChI is InChI=1S/C27H35F3N2O2/c1-3-20-4-9-25-23(13-20)12-19(2)32(17-27(29,30)18-33)26(25)22-5-7-24(8-6-22)34-11-10-31-15-21(14-28)16-31/h4-9,13,19,21,26,33H,3,10-12,14-18H2,1-2H3/t19-,26?/m0/s1. The topological polar surface area (TPSA) is 35.9 Å². The molecule has 0 aliphatic carbocycles. The van der Waals surface area contributed by atoms with Crippen molar-refractivity contribution in [3.63, 3.8) is 0 Å². The van der Waals surface area contributed by atoms with Gasteiger partial charge in [-0.15, -0.1) is 0 Å². The van der Waals surface area contributed by atoms with Gasteiger partial charge in [-0.25, -0.2) is 8.78 Å². The van der Waals surface area contributed by atoms with Crippen LogP contribution in [0.15, 0.2) is 42.5 Å². The van der Waals surface area contributed by atoms with Gasteiger partial charge >= 0.3 is 0 Å². The van der Waals surface area contributed by atoms with E-state index in [9.17, 15) is 18.3 Å². The second-order valence-corrected chi connectivity index (χ2v) is 9.73. The quantitative estimate of drug-likeness (QED) is 0.548. The Balaban J connectivity index is 1.52. The van der Waals surface area contributed by atoms with Crippen LogP contribution >= 0.6 is 0 Å². The average Bonchev–Trinajstić information content (AvgIpc) is 2.81. The minimum Gasteiger partial charge on any atom is -0.492 e. The summed E-state index contributed by atoms with van der Waals surface area (Å²) >= 11 is 0. The van der Waals surface area contributed by atoms with Crippen LogP contribution in [-0.2, 0) is 12.8 Å².